The summed E-state index contributed by atoms with van der Waals surface area (Å²) in [5, 5.41) is 13.0. The molecule has 1 heterocycles. The van der Waals surface area contributed by atoms with Gasteiger partial charge in [-0.15, -0.1) is 0 Å². The molecular formula is C31H21Cl4N3O4S. The largest absolute Gasteiger partial charge is 0.487 e. The van der Waals surface area contributed by atoms with E-state index < -0.39 is 4.92 Å². The van der Waals surface area contributed by atoms with E-state index in [1.54, 1.807) is 42.5 Å². The molecule has 1 saturated heterocycles. The van der Waals surface area contributed by atoms with Crippen LogP contribution < -0.4 is 9.64 Å². The van der Waals surface area contributed by atoms with E-state index in [0.29, 0.717) is 53.4 Å². The zero-order valence-electron chi connectivity index (χ0n) is 22.6. The second-order valence-electron chi connectivity index (χ2n) is 9.53. The number of non-ortho nitro benzene ring substituents is 1. The lowest BCUT2D eigenvalue weighted by atomic mass is 10.1. The molecule has 0 atom stereocenters. The number of halogens is 4. The Hall–Kier alpha value is -3.53. The number of nitrogens with zero attached hydrogens (tertiary/aromatic N) is 3. The highest BCUT2D eigenvalue weighted by atomic mass is 35.5. The van der Waals surface area contributed by atoms with Crippen molar-refractivity contribution in [3.8, 4) is 5.75 Å². The van der Waals surface area contributed by atoms with Crippen molar-refractivity contribution in [3.05, 3.63) is 130 Å². The maximum atomic E-state index is 13.9. The Morgan fingerprint density at radius 1 is 0.907 bits per heavy atom. The summed E-state index contributed by atoms with van der Waals surface area (Å²) in [6.45, 7) is 3.85. The maximum Gasteiger partial charge on any atom is 0.271 e. The van der Waals surface area contributed by atoms with Gasteiger partial charge in [0.1, 0.15) is 12.4 Å². The molecule has 0 aromatic heterocycles. The van der Waals surface area contributed by atoms with E-state index in [1.165, 1.54) is 34.9 Å². The number of rotatable bonds is 7. The Bertz CT molecular complexity index is 1830. The molecule has 4 aromatic rings. The number of nitro benzene ring substituents is 1. The second-order valence-corrected chi connectivity index (χ2v) is 12.2. The van der Waals surface area contributed by atoms with E-state index in [1.807, 2.05) is 32.0 Å². The Morgan fingerprint density at radius 2 is 1.58 bits per heavy atom. The van der Waals surface area contributed by atoms with Gasteiger partial charge in [-0.3, -0.25) is 19.8 Å². The molecule has 0 spiro atoms. The molecule has 0 saturated carbocycles. The Balaban J connectivity index is 1.53. The van der Waals surface area contributed by atoms with Crippen molar-refractivity contribution < 1.29 is 14.5 Å². The summed E-state index contributed by atoms with van der Waals surface area (Å²) < 4.78 is 6.04. The number of anilines is 1. The van der Waals surface area contributed by atoms with Crippen LogP contribution in [0.3, 0.4) is 0 Å². The van der Waals surface area contributed by atoms with Crippen LogP contribution in [-0.4, -0.2) is 16.0 Å². The van der Waals surface area contributed by atoms with Gasteiger partial charge in [-0.25, -0.2) is 4.99 Å². The van der Waals surface area contributed by atoms with Crippen LogP contribution in [0.1, 0.15) is 22.3 Å². The number of ether oxygens (including phenoxy) is 1. The zero-order chi connectivity index (χ0) is 30.8. The third-order valence-electron chi connectivity index (χ3n) is 6.45. The molecule has 4 aromatic carbocycles. The molecule has 1 amide bonds. The van der Waals surface area contributed by atoms with E-state index in [-0.39, 0.29) is 23.2 Å². The van der Waals surface area contributed by atoms with Gasteiger partial charge < -0.3 is 4.74 Å². The van der Waals surface area contributed by atoms with Gasteiger partial charge >= 0.3 is 0 Å². The van der Waals surface area contributed by atoms with Gasteiger partial charge in [-0.2, -0.15) is 0 Å². The average molecular weight is 673 g/mol. The Morgan fingerprint density at radius 3 is 2.23 bits per heavy atom. The van der Waals surface area contributed by atoms with Gasteiger partial charge in [0.05, 0.1) is 26.2 Å². The number of amides is 1. The minimum absolute atomic E-state index is 0.0275. The number of amidine groups is 1. The van der Waals surface area contributed by atoms with Crippen molar-refractivity contribution in [1.82, 2.24) is 0 Å². The van der Waals surface area contributed by atoms with Crippen LogP contribution in [0.15, 0.2) is 82.7 Å². The predicted octanol–water partition coefficient (Wildman–Crippen LogP) is 10.2. The number of hydrogen-bond acceptors (Lipinski definition) is 6. The van der Waals surface area contributed by atoms with Gasteiger partial charge in [0, 0.05) is 32.8 Å². The van der Waals surface area contributed by atoms with Gasteiger partial charge in [-0.05, 0) is 96.9 Å². The number of aryl methyl sites for hydroxylation is 2. The lowest BCUT2D eigenvalue weighted by Crippen LogP contribution is -2.28. The monoisotopic (exact) mass is 671 g/mol. The number of nitro groups is 1. The predicted molar refractivity (Wildman–Crippen MR) is 176 cm³/mol. The minimum atomic E-state index is -0.472. The molecule has 0 unspecified atom stereocenters. The first-order chi connectivity index (χ1) is 20.5. The topological polar surface area (TPSA) is 85.0 Å². The van der Waals surface area contributed by atoms with Crippen molar-refractivity contribution in [2.75, 3.05) is 4.90 Å². The summed E-state index contributed by atoms with van der Waals surface area (Å²) in [5.41, 5.74) is 4.03. The summed E-state index contributed by atoms with van der Waals surface area (Å²) in [7, 11) is 0. The van der Waals surface area contributed by atoms with Gasteiger partial charge in [0.25, 0.3) is 11.6 Å². The van der Waals surface area contributed by atoms with Crippen LogP contribution >= 0.6 is 58.2 Å². The lowest BCUT2D eigenvalue weighted by molar-refractivity contribution is -0.384. The van der Waals surface area contributed by atoms with Crippen molar-refractivity contribution >= 4 is 92.4 Å². The standard InChI is InChI=1S/C31H21Cl4N3O4S/c1-17-3-7-22(14-25(17)33)36-31-37(24-8-4-18(2)26(34)15-24)30(39)28(43-31)12-20-11-21(32)13-27(35)29(20)42-16-19-5-9-23(10-6-19)38(40)41/h3-15H,16H2,1-2H3/b28-12+,36-31?. The number of aliphatic imine (C=N–C) groups is 1. The second kappa shape index (κ2) is 13.0. The summed E-state index contributed by atoms with van der Waals surface area (Å²) >= 11 is 26.8. The van der Waals surface area contributed by atoms with Gasteiger partial charge in [0.15, 0.2) is 5.17 Å². The summed E-state index contributed by atoms with van der Waals surface area (Å²) in [6.07, 6.45) is 1.64. The van der Waals surface area contributed by atoms with E-state index in [9.17, 15) is 14.9 Å². The van der Waals surface area contributed by atoms with Crippen LogP contribution in [0.4, 0.5) is 17.1 Å². The van der Waals surface area contributed by atoms with Gasteiger partial charge in [0.2, 0.25) is 0 Å². The highest BCUT2D eigenvalue weighted by molar-refractivity contribution is 8.19. The van der Waals surface area contributed by atoms with Crippen LogP contribution in [0.5, 0.6) is 5.75 Å². The molecule has 0 bridgehead atoms. The fourth-order valence-electron chi connectivity index (χ4n) is 4.11. The summed E-state index contributed by atoms with van der Waals surface area (Å²) in [5.74, 6) is -0.0368. The molecule has 1 aliphatic heterocycles. The molecular weight excluding hydrogens is 652 g/mol. The maximum absolute atomic E-state index is 13.9. The van der Waals surface area contributed by atoms with Crippen molar-refractivity contribution in [2.24, 2.45) is 4.99 Å². The molecule has 1 fully saturated rings. The SMILES string of the molecule is Cc1ccc(N=C2S/C(=C/c3cc(Cl)cc(Cl)c3OCc3ccc([N+](=O)[O-])cc3)C(=O)N2c2ccc(C)c(Cl)c2)cc1Cl. The van der Waals surface area contributed by atoms with Crippen LogP contribution in [-0.2, 0) is 11.4 Å². The van der Waals surface area contributed by atoms with Crippen molar-refractivity contribution in [3.63, 3.8) is 0 Å². The third kappa shape index (κ3) is 7.00. The molecule has 43 heavy (non-hydrogen) atoms. The zero-order valence-corrected chi connectivity index (χ0v) is 26.4. The first-order valence-corrected chi connectivity index (χ1v) is 15.0. The number of hydrogen-bond donors (Lipinski definition) is 0. The number of carbonyl (C=O) groups excluding carboxylic acids is 1. The van der Waals surface area contributed by atoms with Crippen LogP contribution in [0, 0.1) is 24.0 Å². The average Bonchev–Trinajstić information content (AvgIpc) is 3.25. The highest BCUT2D eigenvalue weighted by Crippen LogP contribution is 2.41. The first kappa shape index (κ1) is 30.9. The van der Waals surface area contributed by atoms with E-state index in [4.69, 9.17) is 56.1 Å². The van der Waals surface area contributed by atoms with E-state index in [2.05, 4.69) is 0 Å². The smallest absolute Gasteiger partial charge is 0.271 e. The quantitative estimate of drug-likeness (QED) is 0.111. The highest BCUT2D eigenvalue weighted by Gasteiger charge is 2.35. The molecule has 5 rings (SSSR count). The van der Waals surface area contributed by atoms with Crippen LogP contribution in [0.2, 0.25) is 20.1 Å². The normalized spacial score (nSPS) is 15.0. The lowest BCUT2D eigenvalue weighted by Gasteiger charge is -2.17. The number of benzene rings is 4. The molecule has 12 heteroatoms. The summed E-state index contributed by atoms with van der Waals surface area (Å²) in [6, 6.07) is 19.9. The van der Waals surface area contributed by atoms with Gasteiger partial charge in [-0.1, -0.05) is 58.5 Å². The molecule has 7 nitrogen and oxygen atoms in total. The summed E-state index contributed by atoms with van der Waals surface area (Å²) in [4.78, 5) is 31.0. The van der Waals surface area contributed by atoms with Crippen LogP contribution in [0.25, 0.3) is 6.08 Å². The Kier molecular flexibility index (Phi) is 9.34. The number of carbonyl (C=O) groups is 1. The Labute approximate surface area is 271 Å². The first-order valence-electron chi connectivity index (χ1n) is 12.7. The fourth-order valence-corrected chi connectivity index (χ4v) is 6.01. The molecule has 0 N–H and O–H groups in total. The number of thioether (sulfide) groups is 1. The molecule has 218 valence electrons. The van der Waals surface area contributed by atoms with Crippen molar-refractivity contribution in [2.45, 2.75) is 20.5 Å². The van der Waals surface area contributed by atoms with E-state index in [0.717, 1.165) is 11.1 Å². The molecule has 0 radical (unpaired) electrons. The van der Waals surface area contributed by atoms with Crippen molar-refractivity contribution in [1.29, 1.82) is 0 Å². The minimum Gasteiger partial charge on any atom is -0.487 e. The van der Waals surface area contributed by atoms with E-state index >= 15 is 0 Å². The third-order valence-corrected chi connectivity index (χ3v) is 8.74. The fraction of sp³-hybridized carbons (Fsp3) is 0.0968. The molecule has 0 aliphatic carbocycles. The molecule has 1 aliphatic rings.